The van der Waals surface area contributed by atoms with Crippen LogP contribution in [-0.4, -0.2) is 18.7 Å². The second kappa shape index (κ2) is 5.05. The molecule has 0 saturated heterocycles. The van der Waals surface area contributed by atoms with Gasteiger partial charge in [0.15, 0.2) is 11.2 Å². The summed E-state index contributed by atoms with van der Waals surface area (Å²) in [4.78, 5) is 29.0. The molecular formula is C15H16N4O2. The molecule has 3 aromatic rings. The van der Waals surface area contributed by atoms with Crippen molar-refractivity contribution in [1.29, 1.82) is 0 Å². The summed E-state index contributed by atoms with van der Waals surface area (Å²) < 4.78 is 4.58. The molecule has 0 amide bonds. The fraction of sp³-hybridized carbons (Fsp3) is 0.267. The molecular weight excluding hydrogens is 268 g/mol. The van der Waals surface area contributed by atoms with Crippen molar-refractivity contribution < 1.29 is 0 Å². The Morgan fingerprint density at radius 2 is 1.67 bits per heavy atom. The third-order valence-corrected chi connectivity index (χ3v) is 3.57. The quantitative estimate of drug-likeness (QED) is 0.730. The van der Waals surface area contributed by atoms with Crippen molar-refractivity contribution >= 4 is 11.2 Å². The molecule has 0 aliphatic carbocycles. The molecule has 0 radical (unpaired) electrons. The van der Waals surface area contributed by atoms with E-state index >= 15 is 0 Å². The lowest BCUT2D eigenvalue weighted by Crippen LogP contribution is -2.39. The summed E-state index contributed by atoms with van der Waals surface area (Å²) >= 11 is 0. The van der Waals surface area contributed by atoms with Crippen molar-refractivity contribution in [1.82, 2.24) is 18.7 Å². The van der Waals surface area contributed by atoms with E-state index in [0.29, 0.717) is 24.3 Å². The van der Waals surface area contributed by atoms with E-state index in [1.165, 1.54) is 4.57 Å². The summed E-state index contributed by atoms with van der Waals surface area (Å²) in [6.45, 7) is 4.48. The van der Waals surface area contributed by atoms with Gasteiger partial charge in [-0.2, -0.15) is 0 Å². The number of hydrogen-bond acceptors (Lipinski definition) is 3. The second-order valence-electron chi connectivity index (χ2n) is 4.70. The van der Waals surface area contributed by atoms with E-state index in [0.717, 1.165) is 5.69 Å². The lowest BCUT2D eigenvalue weighted by atomic mass is 10.3. The summed E-state index contributed by atoms with van der Waals surface area (Å²) in [6.07, 6.45) is 1.59. The van der Waals surface area contributed by atoms with Gasteiger partial charge in [-0.3, -0.25) is 18.5 Å². The molecule has 6 heteroatoms. The number of aryl methyl sites for hydroxylation is 1. The van der Waals surface area contributed by atoms with E-state index < -0.39 is 0 Å². The van der Waals surface area contributed by atoms with Gasteiger partial charge in [-0.1, -0.05) is 18.2 Å². The van der Waals surface area contributed by atoms with Crippen LogP contribution >= 0.6 is 0 Å². The van der Waals surface area contributed by atoms with Gasteiger partial charge in [-0.15, -0.1) is 0 Å². The van der Waals surface area contributed by atoms with Crippen LogP contribution in [0.3, 0.4) is 0 Å². The maximum atomic E-state index is 12.4. The minimum absolute atomic E-state index is 0.296. The Bertz CT molecular complexity index is 903. The SMILES string of the molecule is CCn1c(=O)c2ncn(-c3ccccc3)c2n(CC)c1=O. The van der Waals surface area contributed by atoms with Gasteiger partial charge in [-0.05, 0) is 26.0 Å². The van der Waals surface area contributed by atoms with Crippen LogP contribution in [0, 0.1) is 0 Å². The van der Waals surface area contributed by atoms with Crippen molar-refractivity contribution in [3.63, 3.8) is 0 Å². The number of imidazole rings is 1. The van der Waals surface area contributed by atoms with E-state index in [9.17, 15) is 9.59 Å². The number of rotatable bonds is 3. The molecule has 1 aromatic carbocycles. The van der Waals surface area contributed by atoms with Gasteiger partial charge in [-0.25, -0.2) is 9.78 Å². The van der Waals surface area contributed by atoms with E-state index in [2.05, 4.69) is 4.98 Å². The molecule has 0 aliphatic rings. The van der Waals surface area contributed by atoms with Crippen LogP contribution in [0.1, 0.15) is 13.8 Å². The first-order valence-electron chi connectivity index (χ1n) is 6.95. The Morgan fingerprint density at radius 1 is 1.00 bits per heavy atom. The maximum absolute atomic E-state index is 12.4. The fourth-order valence-electron chi connectivity index (χ4n) is 2.54. The summed E-state index contributed by atoms with van der Waals surface area (Å²) in [7, 11) is 0. The Kier molecular flexibility index (Phi) is 3.21. The number of aromatic nitrogens is 4. The second-order valence-corrected chi connectivity index (χ2v) is 4.70. The molecule has 0 spiro atoms. The number of nitrogens with zero attached hydrogens (tertiary/aromatic N) is 4. The van der Waals surface area contributed by atoms with Gasteiger partial charge in [0.05, 0.1) is 0 Å². The van der Waals surface area contributed by atoms with Crippen LogP contribution < -0.4 is 11.2 Å². The van der Waals surface area contributed by atoms with E-state index in [4.69, 9.17) is 0 Å². The predicted octanol–water partition coefficient (Wildman–Crippen LogP) is 1.39. The average molecular weight is 284 g/mol. The topological polar surface area (TPSA) is 61.8 Å². The number of para-hydroxylation sites is 1. The third kappa shape index (κ3) is 1.91. The average Bonchev–Trinajstić information content (AvgIpc) is 2.94. The molecule has 0 fully saturated rings. The van der Waals surface area contributed by atoms with Crippen LogP contribution in [-0.2, 0) is 13.1 Å². The minimum atomic E-state index is -0.336. The molecule has 3 rings (SSSR count). The Hall–Kier alpha value is -2.63. The first-order valence-corrected chi connectivity index (χ1v) is 6.95. The molecule has 0 saturated carbocycles. The zero-order valence-electron chi connectivity index (χ0n) is 12.0. The zero-order chi connectivity index (χ0) is 15.0. The Morgan fingerprint density at radius 3 is 2.29 bits per heavy atom. The van der Waals surface area contributed by atoms with E-state index in [1.54, 1.807) is 22.4 Å². The Balaban J connectivity index is 2.47. The van der Waals surface area contributed by atoms with E-state index in [1.807, 2.05) is 37.3 Å². The molecule has 2 heterocycles. The van der Waals surface area contributed by atoms with E-state index in [-0.39, 0.29) is 11.2 Å². The molecule has 0 aliphatic heterocycles. The van der Waals surface area contributed by atoms with Crippen molar-refractivity contribution in [2.45, 2.75) is 26.9 Å². The van der Waals surface area contributed by atoms with Crippen LogP contribution in [0.15, 0.2) is 46.2 Å². The van der Waals surface area contributed by atoms with Crippen molar-refractivity contribution in [2.24, 2.45) is 0 Å². The molecule has 2 aromatic heterocycles. The fourth-order valence-corrected chi connectivity index (χ4v) is 2.54. The molecule has 0 unspecified atom stereocenters. The summed E-state index contributed by atoms with van der Waals surface area (Å²) in [5.41, 5.74) is 1.10. The maximum Gasteiger partial charge on any atom is 0.332 e. The van der Waals surface area contributed by atoms with Gasteiger partial charge >= 0.3 is 5.69 Å². The largest absolute Gasteiger partial charge is 0.332 e. The first-order chi connectivity index (χ1) is 10.2. The molecule has 0 bridgehead atoms. The first kappa shape index (κ1) is 13.4. The van der Waals surface area contributed by atoms with Crippen LogP contribution in [0.25, 0.3) is 16.9 Å². The number of benzene rings is 1. The van der Waals surface area contributed by atoms with Gasteiger partial charge in [0, 0.05) is 18.8 Å². The number of fused-ring (bicyclic) bond motifs is 1. The lowest BCUT2D eigenvalue weighted by molar-refractivity contribution is 0.603. The molecule has 21 heavy (non-hydrogen) atoms. The molecule has 0 N–H and O–H groups in total. The van der Waals surface area contributed by atoms with Crippen LogP contribution in [0.4, 0.5) is 0 Å². The van der Waals surface area contributed by atoms with Crippen molar-refractivity contribution in [3.05, 3.63) is 57.5 Å². The highest BCUT2D eigenvalue weighted by Gasteiger charge is 2.16. The Labute approximate surface area is 120 Å². The van der Waals surface area contributed by atoms with Gasteiger partial charge in [0.2, 0.25) is 0 Å². The van der Waals surface area contributed by atoms with Gasteiger partial charge < -0.3 is 0 Å². The van der Waals surface area contributed by atoms with Gasteiger partial charge in [0.25, 0.3) is 5.56 Å². The lowest BCUT2D eigenvalue weighted by Gasteiger charge is -2.11. The van der Waals surface area contributed by atoms with Crippen LogP contribution in [0.5, 0.6) is 0 Å². The highest BCUT2D eigenvalue weighted by molar-refractivity contribution is 5.72. The standard InChI is InChI=1S/C15H16N4O2/c1-3-17-13-12(14(20)18(4-2)15(17)21)16-10-19(13)11-8-6-5-7-9-11/h5-10H,3-4H2,1-2H3. The summed E-state index contributed by atoms with van der Waals surface area (Å²) in [6, 6.07) is 9.55. The minimum Gasteiger partial charge on any atom is -0.284 e. The predicted molar refractivity (Wildman–Crippen MR) is 80.9 cm³/mol. The van der Waals surface area contributed by atoms with Gasteiger partial charge in [0.1, 0.15) is 6.33 Å². The zero-order valence-corrected chi connectivity index (χ0v) is 12.0. The molecule has 0 atom stereocenters. The molecule has 6 nitrogen and oxygen atoms in total. The smallest absolute Gasteiger partial charge is 0.284 e. The normalized spacial score (nSPS) is 11.1. The van der Waals surface area contributed by atoms with Crippen molar-refractivity contribution in [2.75, 3.05) is 0 Å². The number of hydrogen-bond donors (Lipinski definition) is 0. The monoisotopic (exact) mass is 284 g/mol. The third-order valence-electron chi connectivity index (χ3n) is 3.57. The summed E-state index contributed by atoms with van der Waals surface area (Å²) in [5.74, 6) is 0. The highest BCUT2D eigenvalue weighted by Crippen LogP contribution is 2.14. The summed E-state index contributed by atoms with van der Waals surface area (Å²) in [5, 5.41) is 0. The van der Waals surface area contributed by atoms with Crippen molar-refractivity contribution in [3.8, 4) is 5.69 Å². The highest BCUT2D eigenvalue weighted by atomic mass is 16.2. The van der Waals surface area contributed by atoms with Crippen LogP contribution in [0.2, 0.25) is 0 Å². The molecule has 108 valence electrons.